The molecule has 0 fully saturated rings. The van der Waals surface area contributed by atoms with Crippen molar-refractivity contribution in [3.05, 3.63) is 58.1 Å². The Morgan fingerprint density at radius 3 is 2.81 bits per heavy atom. The number of carbonyl (C=O) groups is 2. The normalized spacial score (nSPS) is 13.8. The number of aromatic nitrogens is 1. The molecule has 1 aromatic carbocycles. The molecule has 3 rings (SSSR count). The molecular formula is C15H10ClFN2O2. The molecule has 0 bridgehead atoms. The van der Waals surface area contributed by atoms with Crippen molar-refractivity contribution in [2.75, 3.05) is 4.90 Å². The number of ketones is 1. The lowest BCUT2D eigenvalue weighted by Gasteiger charge is -2.19. The Morgan fingerprint density at radius 2 is 2.10 bits per heavy atom. The van der Waals surface area contributed by atoms with E-state index in [-0.39, 0.29) is 12.1 Å². The number of nitrogens with zero attached hydrogens (tertiary/aromatic N) is 2. The zero-order chi connectivity index (χ0) is 15.1. The topological polar surface area (TPSA) is 50.3 Å². The van der Waals surface area contributed by atoms with E-state index >= 15 is 0 Å². The average Bonchev–Trinajstić information content (AvgIpc) is 2.67. The van der Waals surface area contributed by atoms with Crippen LogP contribution in [0.3, 0.4) is 0 Å². The Labute approximate surface area is 125 Å². The van der Waals surface area contributed by atoms with Crippen LogP contribution in [-0.4, -0.2) is 16.7 Å². The van der Waals surface area contributed by atoms with Crippen LogP contribution in [0.1, 0.15) is 21.5 Å². The third-order valence-corrected chi connectivity index (χ3v) is 3.74. The number of halogens is 2. The first-order chi connectivity index (χ1) is 9.99. The number of aryl methyl sites for hydroxylation is 1. The third-order valence-electron chi connectivity index (χ3n) is 3.40. The van der Waals surface area contributed by atoms with Crippen molar-refractivity contribution in [1.29, 1.82) is 0 Å². The fourth-order valence-corrected chi connectivity index (χ4v) is 2.64. The van der Waals surface area contributed by atoms with E-state index in [1.54, 1.807) is 19.2 Å². The number of amides is 1. The second kappa shape index (κ2) is 4.93. The van der Waals surface area contributed by atoms with Crippen LogP contribution in [0.5, 0.6) is 0 Å². The second-order valence-electron chi connectivity index (χ2n) is 4.81. The summed E-state index contributed by atoms with van der Waals surface area (Å²) in [5.74, 6) is -1.90. The monoisotopic (exact) mass is 304 g/mol. The number of pyridine rings is 1. The number of anilines is 1. The number of hydrogen-bond acceptors (Lipinski definition) is 3. The summed E-state index contributed by atoms with van der Waals surface area (Å²) in [6.07, 6.45) is 3.03. The Balaban J connectivity index is 2.08. The smallest absolute Gasteiger partial charge is 0.299 e. The zero-order valence-electron chi connectivity index (χ0n) is 11.1. The van der Waals surface area contributed by atoms with Crippen LogP contribution in [-0.2, 0) is 11.3 Å². The van der Waals surface area contributed by atoms with E-state index in [1.165, 1.54) is 17.2 Å². The summed E-state index contributed by atoms with van der Waals surface area (Å²) in [5.41, 5.74) is 1.75. The van der Waals surface area contributed by atoms with Gasteiger partial charge in [0.1, 0.15) is 5.82 Å². The van der Waals surface area contributed by atoms with Gasteiger partial charge in [-0.25, -0.2) is 4.39 Å². The summed E-state index contributed by atoms with van der Waals surface area (Å²) >= 11 is 6.03. The molecule has 1 aliphatic heterocycles. The molecule has 1 amide bonds. The van der Waals surface area contributed by atoms with Gasteiger partial charge >= 0.3 is 0 Å². The van der Waals surface area contributed by atoms with Gasteiger partial charge in [0.15, 0.2) is 0 Å². The first kappa shape index (κ1) is 13.7. The molecule has 2 heterocycles. The number of rotatable bonds is 2. The molecule has 0 radical (unpaired) electrons. The molecule has 0 saturated carbocycles. The van der Waals surface area contributed by atoms with E-state index < -0.39 is 17.5 Å². The highest BCUT2D eigenvalue weighted by atomic mass is 35.5. The van der Waals surface area contributed by atoms with Gasteiger partial charge in [-0.2, -0.15) is 0 Å². The second-order valence-corrected chi connectivity index (χ2v) is 5.21. The highest BCUT2D eigenvalue weighted by molar-refractivity contribution is 6.52. The fourth-order valence-electron chi connectivity index (χ4n) is 2.46. The molecule has 0 unspecified atom stereocenters. The van der Waals surface area contributed by atoms with Gasteiger partial charge in [-0.05, 0) is 36.2 Å². The molecule has 0 N–H and O–H groups in total. The highest BCUT2D eigenvalue weighted by Gasteiger charge is 2.37. The van der Waals surface area contributed by atoms with E-state index in [4.69, 9.17) is 11.6 Å². The van der Waals surface area contributed by atoms with Crippen LogP contribution in [0, 0.1) is 12.7 Å². The van der Waals surface area contributed by atoms with Crippen LogP contribution >= 0.6 is 11.6 Å². The van der Waals surface area contributed by atoms with Gasteiger partial charge in [0.05, 0.1) is 22.8 Å². The largest absolute Gasteiger partial charge is 0.300 e. The maximum absolute atomic E-state index is 13.4. The number of carbonyl (C=O) groups excluding carboxylic acids is 2. The van der Waals surface area contributed by atoms with Crippen LogP contribution in [0.4, 0.5) is 10.1 Å². The van der Waals surface area contributed by atoms with Gasteiger partial charge in [-0.3, -0.25) is 14.6 Å². The minimum atomic E-state index is -0.697. The van der Waals surface area contributed by atoms with Crippen molar-refractivity contribution in [1.82, 2.24) is 4.98 Å². The minimum absolute atomic E-state index is 0.0997. The molecule has 21 heavy (non-hydrogen) atoms. The molecule has 0 aliphatic carbocycles. The molecule has 0 atom stereocenters. The summed E-state index contributed by atoms with van der Waals surface area (Å²) in [4.78, 5) is 29.3. The van der Waals surface area contributed by atoms with Gasteiger partial charge in [-0.15, -0.1) is 0 Å². The number of fused-ring (bicyclic) bond motifs is 1. The van der Waals surface area contributed by atoms with Gasteiger partial charge in [0, 0.05) is 12.4 Å². The standard InChI is InChI=1S/C15H10ClFN2O2/c1-8-4-10(17)5-11-13(8)19(15(21)14(11)20)7-9-2-3-18-6-12(9)16/h2-6H,7H2,1H3. The summed E-state index contributed by atoms with van der Waals surface area (Å²) in [6.45, 7) is 1.81. The van der Waals surface area contributed by atoms with Crippen molar-refractivity contribution in [2.24, 2.45) is 0 Å². The van der Waals surface area contributed by atoms with E-state index in [9.17, 15) is 14.0 Å². The Hall–Kier alpha value is -2.27. The van der Waals surface area contributed by atoms with Crippen molar-refractivity contribution >= 4 is 29.0 Å². The first-order valence-corrected chi connectivity index (χ1v) is 6.61. The fraction of sp³-hybridized carbons (Fsp3) is 0.133. The molecule has 0 saturated heterocycles. The molecule has 1 aliphatic rings. The Kier molecular flexibility index (Phi) is 3.22. The first-order valence-electron chi connectivity index (χ1n) is 6.23. The number of Topliss-reactive ketones (excluding diaryl/α,β-unsaturated/α-hetero) is 1. The molecular weight excluding hydrogens is 295 g/mol. The van der Waals surface area contributed by atoms with Gasteiger partial charge in [-0.1, -0.05) is 11.6 Å². The van der Waals surface area contributed by atoms with Crippen LogP contribution in [0.2, 0.25) is 5.02 Å². The van der Waals surface area contributed by atoms with E-state index in [1.807, 2.05) is 0 Å². The predicted molar refractivity (Wildman–Crippen MR) is 75.9 cm³/mol. The maximum Gasteiger partial charge on any atom is 0.299 e. The van der Waals surface area contributed by atoms with Crippen molar-refractivity contribution in [3.8, 4) is 0 Å². The van der Waals surface area contributed by atoms with Gasteiger partial charge in [0.2, 0.25) is 0 Å². The molecule has 1 aromatic heterocycles. The summed E-state index contributed by atoms with van der Waals surface area (Å²) in [5, 5.41) is 0.408. The highest BCUT2D eigenvalue weighted by Crippen LogP contribution is 2.34. The molecule has 6 heteroatoms. The SMILES string of the molecule is Cc1cc(F)cc2c1N(Cc1ccncc1Cl)C(=O)C2=O. The van der Waals surface area contributed by atoms with Crippen LogP contribution in [0.25, 0.3) is 0 Å². The molecule has 2 aromatic rings. The maximum atomic E-state index is 13.4. The van der Waals surface area contributed by atoms with Crippen molar-refractivity contribution in [2.45, 2.75) is 13.5 Å². The van der Waals surface area contributed by atoms with Crippen LogP contribution < -0.4 is 4.90 Å². The summed E-state index contributed by atoms with van der Waals surface area (Å²) in [6, 6.07) is 4.07. The van der Waals surface area contributed by atoms with E-state index in [0.29, 0.717) is 21.8 Å². The Bertz CT molecular complexity index is 776. The molecule has 0 spiro atoms. The summed E-state index contributed by atoms with van der Waals surface area (Å²) < 4.78 is 13.4. The van der Waals surface area contributed by atoms with Gasteiger partial charge < -0.3 is 4.90 Å². The number of benzene rings is 1. The molecule has 4 nitrogen and oxygen atoms in total. The van der Waals surface area contributed by atoms with Crippen LogP contribution in [0.15, 0.2) is 30.6 Å². The van der Waals surface area contributed by atoms with Crippen molar-refractivity contribution < 1.29 is 14.0 Å². The minimum Gasteiger partial charge on any atom is -0.300 e. The lowest BCUT2D eigenvalue weighted by atomic mass is 10.1. The zero-order valence-corrected chi connectivity index (χ0v) is 11.8. The Morgan fingerprint density at radius 1 is 1.33 bits per heavy atom. The van der Waals surface area contributed by atoms with E-state index in [0.717, 1.165) is 6.07 Å². The van der Waals surface area contributed by atoms with Crippen molar-refractivity contribution in [3.63, 3.8) is 0 Å². The number of hydrogen-bond donors (Lipinski definition) is 0. The lowest BCUT2D eigenvalue weighted by molar-refractivity contribution is -0.114. The predicted octanol–water partition coefficient (Wildman–Crippen LogP) is 2.91. The lowest BCUT2D eigenvalue weighted by Crippen LogP contribution is -2.29. The molecule has 106 valence electrons. The quantitative estimate of drug-likeness (QED) is 0.802. The van der Waals surface area contributed by atoms with E-state index in [2.05, 4.69) is 4.98 Å². The summed E-state index contributed by atoms with van der Waals surface area (Å²) in [7, 11) is 0. The third kappa shape index (κ3) is 2.19. The average molecular weight is 305 g/mol. The van der Waals surface area contributed by atoms with Gasteiger partial charge in [0.25, 0.3) is 11.7 Å².